The Morgan fingerprint density at radius 2 is 1.18 bits per heavy atom. The van der Waals surface area contributed by atoms with Crippen molar-refractivity contribution in [1.29, 1.82) is 0 Å². The maximum atomic E-state index is 15.6. The number of unbranched alkanes of at least 4 members (excludes halogenated alkanes) is 12. The van der Waals surface area contributed by atoms with Gasteiger partial charge in [0, 0.05) is 5.56 Å². The van der Waals surface area contributed by atoms with Crippen LogP contribution < -0.4 is 9.47 Å². The van der Waals surface area contributed by atoms with Gasteiger partial charge < -0.3 is 14.6 Å². The molecule has 252 valence electrons. The molecule has 1 fully saturated rings. The molecule has 1 aliphatic carbocycles. The molecule has 5 heteroatoms. The fraction of sp³-hybridized carbons (Fsp3) is 0.675. The summed E-state index contributed by atoms with van der Waals surface area (Å²) >= 11 is 0. The molecule has 2 aromatic rings. The zero-order valence-corrected chi connectivity index (χ0v) is 28.4. The van der Waals surface area contributed by atoms with Crippen molar-refractivity contribution < 1.29 is 23.8 Å². The molecular formula is C40H61FO4. The normalized spacial score (nSPS) is 16.5. The summed E-state index contributed by atoms with van der Waals surface area (Å²) in [5.41, 5.74) is 0.505. The Balaban J connectivity index is 1.40. The van der Waals surface area contributed by atoms with E-state index in [-0.39, 0.29) is 16.9 Å². The Hall–Kier alpha value is -2.56. The number of carboxylic acids is 1. The van der Waals surface area contributed by atoms with Gasteiger partial charge in [-0.1, -0.05) is 142 Å². The molecule has 0 spiro atoms. The Morgan fingerprint density at radius 3 is 1.76 bits per heavy atom. The number of ether oxygens (including phenoxy) is 2. The van der Waals surface area contributed by atoms with Gasteiger partial charge in [0.2, 0.25) is 0 Å². The first-order valence-corrected chi connectivity index (χ1v) is 18.4. The summed E-state index contributed by atoms with van der Waals surface area (Å²) < 4.78 is 27.4. The van der Waals surface area contributed by atoms with Crippen LogP contribution in [0.4, 0.5) is 4.39 Å². The first-order chi connectivity index (χ1) is 22.0. The quantitative estimate of drug-likeness (QED) is 0.118. The zero-order chi connectivity index (χ0) is 32.1. The molecule has 0 aliphatic heterocycles. The van der Waals surface area contributed by atoms with Gasteiger partial charge in [-0.05, 0) is 60.9 Å². The third kappa shape index (κ3) is 13.8. The number of aromatic carboxylic acids is 1. The molecule has 45 heavy (non-hydrogen) atoms. The van der Waals surface area contributed by atoms with Crippen LogP contribution in [0.3, 0.4) is 0 Å². The topological polar surface area (TPSA) is 55.8 Å². The van der Waals surface area contributed by atoms with E-state index < -0.39 is 11.8 Å². The van der Waals surface area contributed by atoms with Crippen LogP contribution in [-0.2, 0) is 0 Å². The van der Waals surface area contributed by atoms with Crippen molar-refractivity contribution >= 4 is 5.97 Å². The van der Waals surface area contributed by atoms with Crippen molar-refractivity contribution in [3.63, 3.8) is 0 Å². The van der Waals surface area contributed by atoms with Crippen LogP contribution in [0.2, 0.25) is 0 Å². The first-order valence-electron chi connectivity index (χ1n) is 18.4. The third-order valence-electron chi connectivity index (χ3n) is 9.69. The Labute approximate surface area is 273 Å². The van der Waals surface area contributed by atoms with E-state index in [0.29, 0.717) is 18.8 Å². The van der Waals surface area contributed by atoms with Gasteiger partial charge in [-0.15, -0.1) is 0 Å². The standard InChI is InChI=1S/C40H61FO4/c1-3-5-7-9-10-11-12-14-16-30-45-37-29-28-36(40(42)43)38(39(37)41)34-24-26-35(27-25-34)44-31-17-19-33-22-20-32(21-23-33)18-15-13-8-6-4-2/h24-29,32-33H,3-23,30-31H2,1-2H3,(H,42,43). The minimum absolute atomic E-state index is 0.0650. The van der Waals surface area contributed by atoms with Gasteiger partial charge in [0.15, 0.2) is 11.6 Å². The van der Waals surface area contributed by atoms with Crippen molar-refractivity contribution in [1.82, 2.24) is 0 Å². The van der Waals surface area contributed by atoms with E-state index in [4.69, 9.17) is 9.47 Å². The summed E-state index contributed by atoms with van der Waals surface area (Å²) in [6.45, 7) is 5.59. The highest BCUT2D eigenvalue weighted by Gasteiger charge is 2.22. The second-order valence-corrected chi connectivity index (χ2v) is 13.4. The highest BCUT2D eigenvalue weighted by atomic mass is 19.1. The van der Waals surface area contributed by atoms with Crippen molar-refractivity contribution in [3.8, 4) is 22.6 Å². The number of carbonyl (C=O) groups is 1. The number of rotatable bonds is 24. The van der Waals surface area contributed by atoms with Crippen molar-refractivity contribution in [2.45, 2.75) is 149 Å². The van der Waals surface area contributed by atoms with Gasteiger partial charge in [0.1, 0.15) is 5.75 Å². The fourth-order valence-corrected chi connectivity index (χ4v) is 6.85. The number of hydrogen-bond acceptors (Lipinski definition) is 3. The smallest absolute Gasteiger partial charge is 0.336 e. The van der Waals surface area contributed by atoms with Crippen molar-refractivity contribution in [2.24, 2.45) is 11.8 Å². The average molecular weight is 625 g/mol. The number of carboxylic acid groups (broad SMARTS) is 1. The highest BCUT2D eigenvalue weighted by molar-refractivity contribution is 5.96. The lowest BCUT2D eigenvalue weighted by Gasteiger charge is -2.28. The predicted molar refractivity (Wildman–Crippen MR) is 185 cm³/mol. The molecule has 2 aromatic carbocycles. The van der Waals surface area contributed by atoms with Crippen LogP contribution in [0.15, 0.2) is 36.4 Å². The number of halogens is 1. The fourth-order valence-electron chi connectivity index (χ4n) is 6.85. The summed E-state index contributed by atoms with van der Waals surface area (Å²) in [5.74, 6) is 0.813. The molecule has 0 unspecified atom stereocenters. The minimum Gasteiger partial charge on any atom is -0.494 e. The Morgan fingerprint density at radius 1 is 0.667 bits per heavy atom. The average Bonchev–Trinajstić information content (AvgIpc) is 3.05. The van der Waals surface area contributed by atoms with E-state index in [0.717, 1.165) is 43.3 Å². The van der Waals surface area contributed by atoms with Gasteiger partial charge in [-0.3, -0.25) is 0 Å². The highest BCUT2D eigenvalue weighted by Crippen LogP contribution is 2.36. The summed E-state index contributed by atoms with van der Waals surface area (Å²) in [4.78, 5) is 11.9. The SMILES string of the molecule is CCCCCCCCCCCOc1ccc(C(=O)O)c(-c2ccc(OCCCC3CCC(CCCCCCC)CC3)cc2)c1F. The summed E-state index contributed by atoms with van der Waals surface area (Å²) in [5, 5.41) is 9.76. The molecule has 1 aliphatic rings. The van der Waals surface area contributed by atoms with Gasteiger partial charge in [-0.2, -0.15) is 0 Å². The molecule has 3 rings (SSSR count). The van der Waals surface area contributed by atoms with E-state index >= 15 is 4.39 Å². The van der Waals surface area contributed by atoms with Gasteiger partial charge in [0.05, 0.1) is 18.8 Å². The summed E-state index contributed by atoms with van der Waals surface area (Å²) in [6.07, 6.45) is 26.9. The molecule has 1 saturated carbocycles. The Kier molecular flexibility index (Phi) is 18.1. The lowest BCUT2D eigenvalue weighted by molar-refractivity contribution is 0.0697. The predicted octanol–water partition coefficient (Wildman–Crippen LogP) is 12.4. The van der Waals surface area contributed by atoms with Crippen LogP contribution >= 0.6 is 0 Å². The lowest BCUT2D eigenvalue weighted by atomic mass is 9.78. The maximum absolute atomic E-state index is 15.6. The van der Waals surface area contributed by atoms with E-state index in [1.807, 2.05) is 12.1 Å². The molecule has 0 saturated heterocycles. The minimum atomic E-state index is -1.16. The molecule has 0 amide bonds. The molecule has 0 radical (unpaired) electrons. The molecule has 0 atom stereocenters. The largest absolute Gasteiger partial charge is 0.494 e. The monoisotopic (exact) mass is 624 g/mol. The molecule has 4 nitrogen and oxygen atoms in total. The van der Waals surface area contributed by atoms with Gasteiger partial charge in [0.25, 0.3) is 0 Å². The molecule has 0 aromatic heterocycles. The van der Waals surface area contributed by atoms with Crippen LogP contribution in [0.5, 0.6) is 11.5 Å². The van der Waals surface area contributed by atoms with E-state index in [9.17, 15) is 9.90 Å². The second kappa shape index (κ2) is 22.0. The van der Waals surface area contributed by atoms with Crippen LogP contribution in [-0.4, -0.2) is 24.3 Å². The van der Waals surface area contributed by atoms with Crippen LogP contribution in [0.25, 0.3) is 11.1 Å². The van der Waals surface area contributed by atoms with Gasteiger partial charge >= 0.3 is 5.97 Å². The van der Waals surface area contributed by atoms with Crippen LogP contribution in [0, 0.1) is 17.7 Å². The first kappa shape index (κ1) is 36.9. The van der Waals surface area contributed by atoms with Crippen LogP contribution in [0.1, 0.15) is 159 Å². The van der Waals surface area contributed by atoms with Crippen molar-refractivity contribution in [3.05, 3.63) is 47.8 Å². The molecular weight excluding hydrogens is 563 g/mol. The maximum Gasteiger partial charge on any atom is 0.336 e. The second-order valence-electron chi connectivity index (χ2n) is 13.4. The summed E-state index contributed by atoms with van der Waals surface area (Å²) in [7, 11) is 0. The number of benzene rings is 2. The summed E-state index contributed by atoms with van der Waals surface area (Å²) in [6, 6.07) is 9.98. The third-order valence-corrected chi connectivity index (χ3v) is 9.69. The zero-order valence-electron chi connectivity index (χ0n) is 28.4. The molecule has 0 heterocycles. The van der Waals surface area contributed by atoms with E-state index in [1.165, 1.54) is 121 Å². The van der Waals surface area contributed by atoms with Gasteiger partial charge in [-0.25, -0.2) is 9.18 Å². The van der Waals surface area contributed by atoms with Crippen molar-refractivity contribution in [2.75, 3.05) is 13.2 Å². The lowest BCUT2D eigenvalue weighted by Crippen LogP contribution is -2.15. The Bertz CT molecular complexity index is 1070. The number of hydrogen-bond donors (Lipinski definition) is 1. The van der Waals surface area contributed by atoms with E-state index in [2.05, 4.69) is 13.8 Å². The molecule has 1 N–H and O–H groups in total. The van der Waals surface area contributed by atoms with E-state index in [1.54, 1.807) is 12.1 Å². The molecule has 0 bridgehead atoms.